The van der Waals surface area contributed by atoms with Gasteiger partial charge in [0.2, 0.25) is 5.56 Å². The van der Waals surface area contributed by atoms with Gasteiger partial charge in [-0.25, -0.2) is 0 Å². The van der Waals surface area contributed by atoms with Crippen LogP contribution < -0.4 is 10.5 Å². The van der Waals surface area contributed by atoms with E-state index in [1.165, 1.54) is 6.07 Å². The lowest BCUT2D eigenvalue weighted by Gasteiger charge is -2.23. The summed E-state index contributed by atoms with van der Waals surface area (Å²) in [6.07, 6.45) is 0.923. The van der Waals surface area contributed by atoms with Gasteiger partial charge in [0, 0.05) is 28.4 Å². The van der Waals surface area contributed by atoms with Gasteiger partial charge in [-0.2, -0.15) is 0 Å². The second-order valence-electron chi connectivity index (χ2n) is 5.72. The molecule has 0 radical (unpaired) electrons. The van der Waals surface area contributed by atoms with E-state index in [9.17, 15) is 9.59 Å². The monoisotopic (exact) mass is 336 g/mol. The maximum absolute atomic E-state index is 13.2. The predicted molar refractivity (Wildman–Crippen MR) is 98.0 cm³/mol. The molecule has 4 nitrogen and oxygen atoms in total. The first-order valence-electron chi connectivity index (χ1n) is 7.90. The van der Waals surface area contributed by atoms with E-state index in [0.29, 0.717) is 17.6 Å². The van der Waals surface area contributed by atoms with Crippen LogP contribution in [-0.2, 0) is 0 Å². The van der Waals surface area contributed by atoms with Crippen molar-refractivity contribution in [1.29, 1.82) is 0 Å². The van der Waals surface area contributed by atoms with Crippen molar-refractivity contribution >= 4 is 34.3 Å². The Balaban J connectivity index is 1.87. The maximum atomic E-state index is 13.2. The van der Waals surface area contributed by atoms with Gasteiger partial charge in [0.1, 0.15) is 0 Å². The van der Waals surface area contributed by atoms with Crippen LogP contribution in [0.4, 0.5) is 5.69 Å². The number of hydrogen-bond donors (Lipinski definition) is 1. The van der Waals surface area contributed by atoms with Crippen molar-refractivity contribution in [3.63, 3.8) is 0 Å². The van der Waals surface area contributed by atoms with E-state index in [2.05, 4.69) is 4.98 Å². The summed E-state index contributed by atoms with van der Waals surface area (Å²) < 4.78 is 0. The predicted octanol–water partition coefficient (Wildman–Crippen LogP) is 3.67. The number of hydrogen-bond acceptors (Lipinski definition) is 3. The number of pyridine rings is 1. The van der Waals surface area contributed by atoms with Gasteiger partial charge in [-0.15, -0.1) is 11.8 Å². The summed E-state index contributed by atoms with van der Waals surface area (Å²) in [5.74, 6) is 0.865. The molecule has 5 heteroatoms. The second-order valence-corrected chi connectivity index (χ2v) is 6.86. The van der Waals surface area contributed by atoms with Gasteiger partial charge < -0.3 is 9.88 Å². The number of amides is 1. The number of fused-ring (bicyclic) bond motifs is 2. The molecule has 0 bridgehead atoms. The van der Waals surface area contributed by atoms with Crippen molar-refractivity contribution in [1.82, 2.24) is 4.98 Å². The molecule has 1 amide bonds. The van der Waals surface area contributed by atoms with Crippen molar-refractivity contribution in [2.75, 3.05) is 17.2 Å². The molecule has 1 N–H and O–H groups in total. The quantitative estimate of drug-likeness (QED) is 0.738. The van der Waals surface area contributed by atoms with Gasteiger partial charge >= 0.3 is 0 Å². The van der Waals surface area contributed by atoms with E-state index in [4.69, 9.17) is 0 Å². The average Bonchev–Trinajstić information content (AvgIpc) is 2.83. The summed E-state index contributed by atoms with van der Waals surface area (Å²) in [7, 11) is 0. The van der Waals surface area contributed by atoms with E-state index in [-0.39, 0.29) is 11.5 Å². The largest absolute Gasteiger partial charge is 0.322 e. The van der Waals surface area contributed by atoms with Gasteiger partial charge in [0.05, 0.1) is 11.3 Å². The third-order valence-corrected chi connectivity index (χ3v) is 5.31. The molecule has 0 unspecified atom stereocenters. The molecule has 0 saturated heterocycles. The van der Waals surface area contributed by atoms with Crippen LogP contribution in [0.1, 0.15) is 16.8 Å². The number of carbonyl (C=O) groups is 1. The number of H-pyrrole nitrogens is 1. The highest BCUT2D eigenvalue weighted by Gasteiger charge is 2.24. The second kappa shape index (κ2) is 6.17. The van der Waals surface area contributed by atoms with Crippen molar-refractivity contribution in [2.24, 2.45) is 0 Å². The Hall–Kier alpha value is -2.53. The van der Waals surface area contributed by atoms with E-state index >= 15 is 0 Å². The fourth-order valence-corrected chi connectivity index (χ4v) is 4.06. The molecule has 4 rings (SSSR count). The molecule has 24 heavy (non-hydrogen) atoms. The number of benzene rings is 2. The van der Waals surface area contributed by atoms with Crippen LogP contribution in [0, 0.1) is 0 Å². The number of para-hydroxylation sites is 2. The molecule has 1 aromatic heterocycles. The summed E-state index contributed by atoms with van der Waals surface area (Å²) in [6, 6.07) is 16.8. The van der Waals surface area contributed by atoms with Gasteiger partial charge in [0.25, 0.3) is 5.91 Å². The SMILES string of the molecule is O=C(c1cc(=O)[nH]c2ccccc12)N1CCCSc2ccccc21. The number of rotatable bonds is 1. The summed E-state index contributed by atoms with van der Waals surface area (Å²) >= 11 is 1.77. The molecule has 0 saturated carbocycles. The number of carbonyl (C=O) groups excluding carboxylic acids is 1. The number of aromatic nitrogens is 1. The maximum Gasteiger partial charge on any atom is 0.259 e. The molecule has 0 aliphatic carbocycles. The lowest BCUT2D eigenvalue weighted by molar-refractivity contribution is 0.0988. The van der Waals surface area contributed by atoms with Crippen LogP contribution in [-0.4, -0.2) is 23.2 Å². The third-order valence-electron chi connectivity index (χ3n) is 4.17. The Morgan fingerprint density at radius 2 is 1.88 bits per heavy atom. The van der Waals surface area contributed by atoms with Crippen LogP contribution in [0.15, 0.2) is 64.3 Å². The molecule has 3 aromatic rings. The number of nitrogens with one attached hydrogen (secondary N) is 1. The van der Waals surface area contributed by atoms with Crippen molar-refractivity contribution < 1.29 is 4.79 Å². The number of aromatic amines is 1. The van der Waals surface area contributed by atoms with Crippen LogP contribution >= 0.6 is 11.8 Å². The minimum absolute atomic E-state index is 0.118. The highest BCUT2D eigenvalue weighted by Crippen LogP contribution is 2.34. The topological polar surface area (TPSA) is 53.2 Å². The van der Waals surface area contributed by atoms with Gasteiger partial charge in [-0.05, 0) is 30.4 Å². The van der Waals surface area contributed by atoms with E-state index in [1.54, 1.807) is 16.7 Å². The fraction of sp³-hybridized carbons (Fsp3) is 0.158. The minimum atomic E-state index is -0.255. The van der Waals surface area contributed by atoms with E-state index in [1.807, 2.05) is 48.5 Å². The van der Waals surface area contributed by atoms with Crippen LogP contribution in [0.5, 0.6) is 0 Å². The minimum Gasteiger partial charge on any atom is -0.322 e. The zero-order valence-electron chi connectivity index (χ0n) is 13.0. The zero-order valence-corrected chi connectivity index (χ0v) is 13.8. The molecule has 1 aliphatic heterocycles. The van der Waals surface area contributed by atoms with Crippen molar-refractivity contribution in [3.05, 3.63) is 70.5 Å². The molecular formula is C19H16N2O2S. The Bertz CT molecular complexity index is 980. The molecular weight excluding hydrogens is 320 g/mol. The number of anilines is 1. The highest BCUT2D eigenvalue weighted by atomic mass is 32.2. The summed E-state index contributed by atoms with van der Waals surface area (Å²) in [5.41, 5.74) is 1.81. The molecule has 0 atom stereocenters. The summed E-state index contributed by atoms with van der Waals surface area (Å²) in [4.78, 5) is 30.9. The van der Waals surface area contributed by atoms with Crippen molar-refractivity contribution in [3.8, 4) is 0 Å². The lowest BCUT2D eigenvalue weighted by Crippen LogP contribution is -2.32. The normalized spacial score (nSPS) is 14.2. The highest BCUT2D eigenvalue weighted by molar-refractivity contribution is 7.99. The average molecular weight is 336 g/mol. The number of thioether (sulfide) groups is 1. The molecule has 0 spiro atoms. The zero-order chi connectivity index (χ0) is 16.5. The van der Waals surface area contributed by atoms with Crippen LogP contribution in [0.25, 0.3) is 10.9 Å². The third kappa shape index (κ3) is 2.61. The van der Waals surface area contributed by atoms with Crippen LogP contribution in [0.3, 0.4) is 0 Å². The summed E-state index contributed by atoms with van der Waals surface area (Å²) in [5, 5.41) is 0.775. The Kier molecular flexibility index (Phi) is 3.86. The van der Waals surface area contributed by atoms with E-state index in [0.717, 1.165) is 28.1 Å². The first-order valence-corrected chi connectivity index (χ1v) is 8.88. The molecule has 2 aromatic carbocycles. The smallest absolute Gasteiger partial charge is 0.259 e. The van der Waals surface area contributed by atoms with Gasteiger partial charge in [-0.1, -0.05) is 30.3 Å². The van der Waals surface area contributed by atoms with E-state index < -0.39 is 0 Å². The first-order chi connectivity index (χ1) is 11.7. The fourth-order valence-electron chi connectivity index (χ4n) is 3.07. The first kappa shape index (κ1) is 15.0. The molecule has 120 valence electrons. The molecule has 1 aliphatic rings. The van der Waals surface area contributed by atoms with Crippen molar-refractivity contribution in [2.45, 2.75) is 11.3 Å². The lowest BCUT2D eigenvalue weighted by atomic mass is 10.1. The van der Waals surface area contributed by atoms with Crippen LogP contribution in [0.2, 0.25) is 0 Å². The Morgan fingerprint density at radius 1 is 1.08 bits per heavy atom. The summed E-state index contributed by atoms with van der Waals surface area (Å²) in [6.45, 7) is 0.657. The number of nitrogens with zero attached hydrogens (tertiary/aromatic N) is 1. The Morgan fingerprint density at radius 3 is 2.79 bits per heavy atom. The van der Waals surface area contributed by atoms with Gasteiger partial charge in [-0.3, -0.25) is 9.59 Å². The van der Waals surface area contributed by atoms with Gasteiger partial charge in [0.15, 0.2) is 0 Å². The standard InChI is InChI=1S/C19H16N2O2S/c22-18-12-14(13-6-1-2-7-15(13)20-18)19(23)21-10-5-11-24-17-9-4-3-8-16(17)21/h1-4,6-9,12H,5,10-11H2,(H,20,22). The molecule has 2 heterocycles. The molecule has 0 fully saturated rings. The Labute approximate surface area is 143 Å².